The largest absolute Gasteiger partial charge is 0.490 e. The molecule has 23 heavy (non-hydrogen) atoms. The molecule has 2 heterocycles. The second-order valence-electron chi connectivity index (χ2n) is 4.90. The Morgan fingerprint density at radius 1 is 1.39 bits per heavy atom. The number of nitrogens with zero attached hydrogens (tertiary/aromatic N) is 2. The molecule has 1 N–H and O–H groups in total. The molecule has 0 aliphatic carbocycles. The number of rotatable bonds is 2. The predicted molar refractivity (Wildman–Crippen MR) is 71.9 cm³/mol. The highest BCUT2D eigenvalue weighted by atomic mass is 19.4. The normalized spacial score (nSPS) is 15.6. The van der Waals surface area contributed by atoms with Gasteiger partial charge in [0.2, 0.25) is 0 Å². The van der Waals surface area contributed by atoms with E-state index in [-0.39, 0.29) is 0 Å². The lowest BCUT2D eigenvalue weighted by Gasteiger charge is -2.31. The highest BCUT2D eigenvalue weighted by Crippen LogP contribution is 2.24. The first-order valence-corrected chi connectivity index (χ1v) is 6.75. The molecule has 1 fully saturated rings. The van der Waals surface area contributed by atoms with Crippen LogP contribution >= 0.6 is 0 Å². The summed E-state index contributed by atoms with van der Waals surface area (Å²) in [5.41, 5.74) is 0. The van der Waals surface area contributed by atoms with Crippen LogP contribution in [0.1, 0.15) is 25.5 Å². The molecule has 1 aliphatic rings. The number of piperidine rings is 1. The quantitative estimate of drug-likeness (QED) is 0.826. The average Bonchev–Trinajstić information content (AvgIpc) is 2.84. The number of esters is 1. The van der Waals surface area contributed by atoms with Gasteiger partial charge in [0.15, 0.2) is 5.82 Å². The molecule has 1 aromatic rings. The SMILES string of the molecule is CC(=O)O.Cc1cc(N2CCC(OC(=O)C(F)(F)F)CC2)no1. The summed E-state index contributed by atoms with van der Waals surface area (Å²) in [7, 11) is 0. The van der Waals surface area contributed by atoms with Crippen LogP contribution in [0.5, 0.6) is 0 Å². The third-order valence-corrected chi connectivity index (χ3v) is 2.89. The molecule has 7 nitrogen and oxygen atoms in total. The summed E-state index contributed by atoms with van der Waals surface area (Å²) in [4.78, 5) is 21.6. The number of halogens is 3. The van der Waals surface area contributed by atoms with Crippen molar-refractivity contribution < 1.29 is 37.1 Å². The lowest BCUT2D eigenvalue weighted by Crippen LogP contribution is -2.40. The lowest BCUT2D eigenvalue weighted by molar-refractivity contribution is -0.205. The molecular weight excluding hydrogens is 321 g/mol. The summed E-state index contributed by atoms with van der Waals surface area (Å²) in [5, 5.41) is 11.2. The number of carbonyl (C=O) groups is 2. The lowest BCUT2D eigenvalue weighted by atomic mass is 10.1. The van der Waals surface area contributed by atoms with Crippen molar-refractivity contribution in [3.8, 4) is 0 Å². The molecule has 0 radical (unpaired) electrons. The summed E-state index contributed by atoms with van der Waals surface area (Å²) in [5.74, 6) is -1.64. The zero-order chi connectivity index (χ0) is 17.6. The van der Waals surface area contributed by atoms with E-state index in [4.69, 9.17) is 14.4 Å². The molecule has 1 saturated heterocycles. The molecule has 10 heteroatoms. The van der Waals surface area contributed by atoms with E-state index in [2.05, 4.69) is 9.89 Å². The number of aliphatic carboxylic acids is 1. The Labute approximate surface area is 130 Å². The van der Waals surface area contributed by atoms with Crippen LogP contribution in [-0.4, -0.2) is 47.6 Å². The monoisotopic (exact) mass is 338 g/mol. The first kappa shape index (κ1) is 18.8. The molecule has 0 saturated carbocycles. The van der Waals surface area contributed by atoms with Gasteiger partial charge in [0.1, 0.15) is 11.9 Å². The Morgan fingerprint density at radius 3 is 2.30 bits per heavy atom. The summed E-state index contributed by atoms with van der Waals surface area (Å²) >= 11 is 0. The highest BCUT2D eigenvalue weighted by molar-refractivity contribution is 5.75. The van der Waals surface area contributed by atoms with Gasteiger partial charge in [-0.3, -0.25) is 4.79 Å². The van der Waals surface area contributed by atoms with E-state index in [9.17, 15) is 18.0 Å². The van der Waals surface area contributed by atoms with Crippen molar-refractivity contribution in [3.63, 3.8) is 0 Å². The first-order valence-electron chi connectivity index (χ1n) is 6.75. The van der Waals surface area contributed by atoms with E-state index in [0.29, 0.717) is 37.5 Å². The van der Waals surface area contributed by atoms with Crippen molar-refractivity contribution in [2.24, 2.45) is 0 Å². The third-order valence-electron chi connectivity index (χ3n) is 2.89. The number of carboxylic acid groups (broad SMARTS) is 1. The number of alkyl halides is 3. The molecule has 2 rings (SSSR count). The summed E-state index contributed by atoms with van der Waals surface area (Å²) in [6.07, 6.45) is -4.94. The Bertz CT molecular complexity index is 532. The molecule has 0 bridgehead atoms. The second kappa shape index (κ2) is 7.84. The maximum absolute atomic E-state index is 12.0. The average molecular weight is 338 g/mol. The molecule has 0 spiro atoms. The molecule has 1 aliphatic heterocycles. The van der Waals surface area contributed by atoms with Crippen molar-refractivity contribution in [2.75, 3.05) is 18.0 Å². The summed E-state index contributed by atoms with van der Waals surface area (Å²) in [6.45, 7) is 3.79. The minimum absolute atomic E-state index is 0.341. The van der Waals surface area contributed by atoms with Gasteiger partial charge in [-0.2, -0.15) is 13.2 Å². The van der Waals surface area contributed by atoms with Crippen LogP contribution in [0.2, 0.25) is 0 Å². The molecule has 0 amide bonds. The maximum atomic E-state index is 12.0. The van der Waals surface area contributed by atoms with Gasteiger partial charge in [0, 0.05) is 38.9 Å². The number of hydrogen-bond acceptors (Lipinski definition) is 6. The number of ether oxygens (including phenoxy) is 1. The fraction of sp³-hybridized carbons (Fsp3) is 0.615. The fourth-order valence-electron chi connectivity index (χ4n) is 1.92. The third kappa shape index (κ3) is 6.57. The zero-order valence-electron chi connectivity index (χ0n) is 12.6. The molecular formula is C13H17F3N2O5. The van der Waals surface area contributed by atoms with Crippen LogP contribution in [0.4, 0.5) is 19.0 Å². The Hall–Kier alpha value is -2.26. The number of anilines is 1. The molecule has 1 aromatic heterocycles. The van der Waals surface area contributed by atoms with Gasteiger partial charge in [0.05, 0.1) is 0 Å². The Balaban J connectivity index is 0.000000593. The van der Waals surface area contributed by atoms with E-state index in [1.54, 1.807) is 13.0 Å². The topological polar surface area (TPSA) is 92.9 Å². The molecule has 0 atom stereocenters. The fourth-order valence-corrected chi connectivity index (χ4v) is 1.92. The number of carbonyl (C=O) groups excluding carboxylic acids is 1. The van der Waals surface area contributed by atoms with Gasteiger partial charge in [-0.1, -0.05) is 5.16 Å². The standard InChI is InChI=1S/C11H13F3N2O3.C2H4O2/c1-7-6-9(15-19-7)16-4-2-8(3-5-16)18-10(17)11(12,13)14;1-2(3)4/h6,8H,2-5H2,1H3;1H3,(H,3,4). The highest BCUT2D eigenvalue weighted by Gasteiger charge is 2.42. The minimum atomic E-state index is -4.93. The van der Waals surface area contributed by atoms with Crippen LogP contribution < -0.4 is 4.90 Å². The van der Waals surface area contributed by atoms with E-state index in [0.717, 1.165) is 6.92 Å². The minimum Gasteiger partial charge on any atom is -0.481 e. The second-order valence-corrected chi connectivity index (χ2v) is 4.90. The molecule has 130 valence electrons. The van der Waals surface area contributed by atoms with E-state index in [1.165, 1.54) is 0 Å². The van der Waals surface area contributed by atoms with Crippen molar-refractivity contribution in [2.45, 2.75) is 39.0 Å². The number of hydrogen-bond donors (Lipinski definition) is 1. The van der Waals surface area contributed by atoms with Crippen LogP contribution in [0.3, 0.4) is 0 Å². The summed E-state index contributed by atoms with van der Waals surface area (Å²) in [6, 6.07) is 1.75. The van der Waals surface area contributed by atoms with Crippen molar-refractivity contribution >= 4 is 17.8 Å². The van der Waals surface area contributed by atoms with Crippen LogP contribution in [0, 0.1) is 6.92 Å². The maximum Gasteiger partial charge on any atom is 0.490 e. The van der Waals surface area contributed by atoms with E-state index in [1.807, 2.05) is 4.90 Å². The Kier molecular flexibility index (Phi) is 6.40. The number of carboxylic acids is 1. The van der Waals surface area contributed by atoms with Crippen molar-refractivity contribution in [3.05, 3.63) is 11.8 Å². The van der Waals surface area contributed by atoms with E-state index >= 15 is 0 Å². The zero-order valence-corrected chi connectivity index (χ0v) is 12.6. The van der Waals surface area contributed by atoms with Crippen molar-refractivity contribution in [1.82, 2.24) is 5.16 Å². The van der Waals surface area contributed by atoms with E-state index < -0.39 is 24.2 Å². The molecule has 0 unspecified atom stereocenters. The van der Waals surface area contributed by atoms with Gasteiger partial charge >= 0.3 is 12.1 Å². The number of aryl methyl sites for hydroxylation is 1. The molecule has 0 aromatic carbocycles. The summed E-state index contributed by atoms with van der Waals surface area (Å²) < 4.78 is 45.5. The van der Waals surface area contributed by atoms with Gasteiger partial charge in [-0.15, -0.1) is 0 Å². The Morgan fingerprint density at radius 2 is 1.91 bits per heavy atom. The first-order chi connectivity index (χ1) is 10.6. The van der Waals surface area contributed by atoms with Crippen molar-refractivity contribution in [1.29, 1.82) is 0 Å². The van der Waals surface area contributed by atoms with Crippen LogP contribution in [-0.2, 0) is 14.3 Å². The predicted octanol–water partition coefficient (Wildman–Crippen LogP) is 2.15. The van der Waals surface area contributed by atoms with Gasteiger partial charge < -0.3 is 19.3 Å². The van der Waals surface area contributed by atoms with Gasteiger partial charge in [-0.25, -0.2) is 4.79 Å². The smallest absolute Gasteiger partial charge is 0.481 e. The van der Waals surface area contributed by atoms with Gasteiger partial charge in [-0.05, 0) is 6.92 Å². The number of aromatic nitrogens is 1. The van der Waals surface area contributed by atoms with Crippen LogP contribution in [0.15, 0.2) is 10.6 Å². The van der Waals surface area contributed by atoms with Gasteiger partial charge in [0.25, 0.3) is 5.97 Å². The van der Waals surface area contributed by atoms with Crippen LogP contribution in [0.25, 0.3) is 0 Å².